The van der Waals surface area contributed by atoms with Gasteiger partial charge in [-0.3, -0.25) is 0 Å². The van der Waals surface area contributed by atoms with Crippen molar-refractivity contribution in [2.24, 2.45) is 0 Å². The third kappa shape index (κ3) is 5.21. The van der Waals surface area contributed by atoms with E-state index in [0.29, 0.717) is 16.9 Å². The van der Waals surface area contributed by atoms with Crippen molar-refractivity contribution in [3.05, 3.63) is 200 Å². The molecule has 10 aromatic rings. The molecule has 0 aliphatic heterocycles. The van der Waals surface area contributed by atoms with Crippen LogP contribution in [0.2, 0.25) is 0 Å². The maximum Gasteiger partial charge on any atom is 0.143 e. The molecule has 0 spiro atoms. The molecule has 2 heteroatoms. The van der Waals surface area contributed by atoms with Crippen LogP contribution in [0.1, 0.15) is 5.48 Å². The van der Waals surface area contributed by atoms with E-state index >= 15 is 0 Å². The molecule has 0 bridgehead atoms. The SMILES string of the molecule is [2H]c1c([2H])c(N(c2ccc(-c3ccccc3)cc2)c2ccccc2-c2ccc3c(c2)oc2c4ccccc4ccc32)c([2H])c([2H])c1-c1ccc2ccccc2c1. The van der Waals surface area contributed by atoms with E-state index in [1.807, 2.05) is 126 Å². The van der Waals surface area contributed by atoms with Gasteiger partial charge in [-0.1, -0.05) is 146 Å². The molecule has 0 aliphatic carbocycles. The second-order valence-corrected chi connectivity index (χ2v) is 13.0. The Morgan fingerprint density at radius 3 is 1.87 bits per heavy atom. The highest BCUT2D eigenvalue weighted by Crippen LogP contribution is 2.43. The first-order valence-corrected chi connectivity index (χ1v) is 17.4. The Kier molecular flexibility index (Phi) is 6.22. The molecule has 0 saturated carbocycles. The fourth-order valence-electron chi connectivity index (χ4n) is 7.31. The molecule has 0 atom stereocenters. The predicted molar refractivity (Wildman–Crippen MR) is 220 cm³/mol. The van der Waals surface area contributed by atoms with Gasteiger partial charge >= 0.3 is 0 Å². The zero-order chi connectivity index (χ0) is 37.9. The fourth-order valence-corrected chi connectivity index (χ4v) is 7.31. The fraction of sp³-hybridized carbons (Fsp3) is 0. The number of hydrogen-bond donors (Lipinski definition) is 0. The van der Waals surface area contributed by atoms with Gasteiger partial charge in [0, 0.05) is 33.1 Å². The van der Waals surface area contributed by atoms with Crippen LogP contribution in [0, 0.1) is 0 Å². The average Bonchev–Trinajstić information content (AvgIpc) is 3.63. The maximum absolute atomic E-state index is 9.56. The van der Waals surface area contributed by atoms with Crippen molar-refractivity contribution in [1.82, 2.24) is 0 Å². The van der Waals surface area contributed by atoms with Crippen molar-refractivity contribution in [1.29, 1.82) is 0 Å². The van der Waals surface area contributed by atoms with E-state index in [9.17, 15) is 5.48 Å². The van der Waals surface area contributed by atoms with Gasteiger partial charge in [0.2, 0.25) is 0 Å². The topological polar surface area (TPSA) is 16.4 Å². The van der Waals surface area contributed by atoms with Crippen LogP contribution in [0.15, 0.2) is 205 Å². The Labute approximate surface area is 308 Å². The molecule has 10 rings (SSSR count). The third-order valence-corrected chi connectivity index (χ3v) is 9.93. The smallest absolute Gasteiger partial charge is 0.143 e. The number of nitrogens with zero attached hydrogens (tertiary/aromatic N) is 1. The second-order valence-electron chi connectivity index (χ2n) is 13.0. The highest BCUT2D eigenvalue weighted by Gasteiger charge is 2.19. The zero-order valence-corrected chi connectivity index (χ0v) is 28.1. The van der Waals surface area contributed by atoms with E-state index in [2.05, 4.69) is 54.6 Å². The minimum atomic E-state index is -0.129. The third-order valence-electron chi connectivity index (χ3n) is 9.93. The first-order valence-electron chi connectivity index (χ1n) is 19.4. The molecule has 1 heterocycles. The van der Waals surface area contributed by atoms with Gasteiger partial charge in [0.25, 0.3) is 0 Å². The molecular formula is C50H33NO. The van der Waals surface area contributed by atoms with E-state index in [1.54, 1.807) is 0 Å². The molecule has 2 nitrogen and oxygen atoms in total. The molecule has 0 saturated heterocycles. The summed E-state index contributed by atoms with van der Waals surface area (Å²) in [6.07, 6.45) is 0. The Morgan fingerprint density at radius 1 is 0.385 bits per heavy atom. The van der Waals surface area contributed by atoms with Crippen LogP contribution < -0.4 is 4.90 Å². The molecule has 0 radical (unpaired) electrons. The van der Waals surface area contributed by atoms with E-state index < -0.39 is 0 Å². The Hall–Kier alpha value is -6.90. The van der Waals surface area contributed by atoms with Crippen LogP contribution in [-0.4, -0.2) is 0 Å². The standard InChI is InChI=1S/C50H33NO/c1-2-10-34(11-3-1)36-20-26-42(27-21-36)51(43-28-22-37(23-29-43)40-19-18-35-12-4-5-14-39(35)32-40)48-17-9-8-15-44(48)41-25-30-46-47-31-24-38-13-6-7-16-45(38)50(47)52-49(46)33-41/h1-33H/i22D,23D,28D,29D. The number of anilines is 3. The lowest BCUT2D eigenvalue weighted by Gasteiger charge is -2.28. The lowest BCUT2D eigenvalue weighted by atomic mass is 9.98. The van der Waals surface area contributed by atoms with Crippen molar-refractivity contribution < 1.29 is 9.90 Å². The van der Waals surface area contributed by atoms with Crippen molar-refractivity contribution >= 4 is 60.5 Å². The van der Waals surface area contributed by atoms with Crippen LogP contribution in [0.5, 0.6) is 0 Å². The summed E-state index contributed by atoms with van der Waals surface area (Å²) >= 11 is 0. The molecule has 52 heavy (non-hydrogen) atoms. The van der Waals surface area contributed by atoms with Gasteiger partial charge in [-0.2, -0.15) is 0 Å². The van der Waals surface area contributed by atoms with Gasteiger partial charge in [0.05, 0.1) is 11.2 Å². The van der Waals surface area contributed by atoms with Gasteiger partial charge in [0.15, 0.2) is 0 Å². The quantitative estimate of drug-likeness (QED) is 0.175. The Balaban J connectivity index is 1.17. The van der Waals surface area contributed by atoms with Crippen LogP contribution in [0.4, 0.5) is 17.1 Å². The molecule has 9 aromatic carbocycles. The summed E-state index contributed by atoms with van der Waals surface area (Å²) in [4.78, 5) is 1.87. The summed E-state index contributed by atoms with van der Waals surface area (Å²) in [5.74, 6) is 0. The predicted octanol–water partition coefficient (Wildman–Crippen LogP) is 14.4. The lowest BCUT2D eigenvalue weighted by Crippen LogP contribution is -2.11. The van der Waals surface area contributed by atoms with Crippen molar-refractivity contribution in [2.45, 2.75) is 0 Å². The van der Waals surface area contributed by atoms with Crippen molar-refractivity contribution in [3.8, 4) is 33.4 Å². The average molecular weight is 668 g/mol. The Morgan fingerprint density at radius 2 is 1.02 bits per heavy atom. The van der Waals surface area contributed by atoms with Gasteiger partial charge in [-0.15, -0.1) is 0 Å². The van der Waals surface area contributed by atoms with E-state index in [1.165, 1.54) is 0 Å². The molecule has 1 aromatic heterocycles. The van der Waals surface area contributed by atoms with Gasteiger partial charge in [-0.05, 0) is 98.5 Å². The van der Waals surface area contributed by atoms with Gasteiger partial charge in [0.1, 0.15) is 11.2 Å². The van der Waals surface area contributed by atoms with Crippen LogP contribution in [0.3, 0.4) is 0 Å². The summed E-state index contributed by atoms with van der Waals surface area (Å²) in [5, 5.41) is 6.25. The van der Waals surface area contributed by atoms with E-state index in [4.69, 9.17) is 4.42 Å². The second kappa shape index (κ2) is 12.5. The summed E-state index contributed by atoms with van der Waals surface area (Å²) in [5.41, 5.74) is 7.92. The molecule has 244 valence electrons. The first-order chi connectivity index (χ1) is 27.4. The largest absolute Gasteiger partial charge is 0.455 e. The first kappa shape index (κ1) is 26.0. The number of para-hydroxylation sites is 1. The number of fused-ring (bicyclic) bond motifs is 6. The molecule has 0 N–H and O–H groups in total. The number of hydrogen-bond acceptors (Lipinski definition) is 2. The Bertz CT molecular complexity index is 3110. The van der Waals surface area contributed by atoms with Crippen LogP contribution in [-0.2, 0) is 0 Å². The molecule has 0 amide bonds. The lowest BCUT2D eigenvalue weighted by molar-refractivity contribution is 0.673. The maximum atomic E-state index is 9.56. The minimum Gasteiger partial charge on any atom is -0.455 e. The van der Waals surface area contributed by atoms with Gasteiger partial charge < -0.3 is 9.32 Å². The number of benzene rings is 9. The van der Waals surface area contributed by atoms with Crippen LogP contribution in [0.25, 0.3) is 76.9 Å². The minimum absolute atomic E-state index is 0.101. The van der Waals surface area contributed by atoms with E-state index in [0.717, 1.165) is 65.7 Å². The zero-order valence-electron chi connectivity index (χ0n) is 32.1. The van der Waals surface area contributed by atoms with Gasteiger partial charge in [-0.25, -0.2) is 0 Å². The van der Waals surface area contributed by atoms with Crippen molar-refractivity contribution in [3.63, 3.8) is 0 Å². The summed E-state index contributed by atoms with van der Waals surface area (Å²) < 4.78 is 44.4. The normalized spacial score (nSPS) is 12.5. The number of furan rings is 1. The highest BCUT2D eigenvalue weighted by molar-refractivity contribution is 6.15. The van der Waals surface area contributed by atoms with Crippen LogP contribution >= 0.6 is 0 Å². The molecule has 0 aliphatic rings. The molecule has 0 fully saturated rings. The monoisotopic (exact) mass is 667 g/mol. The number of rotatable bonds is 6. The summed E-state index contributed by atoms with van der Waals surface area (Å²) in [6, 6.07) is 58.0. The molecule has 0 unspecified atom stereocenters. The van der Waals surface area contributed by atoms with E-state index in [-0.39, 0.29) is 35.4 Å². The van der Waals surface area contributed by atoms with Crippen molar-refractivity contribution in [2.75, 3.05) is 4.90 Å². The highest BCUT2D eigenvalue weighted by atomic mass is 16.3. The molecular weight excluding hydrogens is 631 g/mol. The summed E-state index contributed by atoms with van der Waals surface area (Å²) in [6.45, 7) is 0. The summed E-state index contributed by atoms with van der Waals surface area (Å²) in [7, 11) is 0.